The van der Waals surface area contributed by atoms with E-state index in [2.05, 4.69) is 120 Å². The highest BCUT2D eigenvalue weighted by atomic mass is 16.5. The lowest BCUT2D eigenvalue weighted by Gasteiger charge is -2.39. The second-order valence-electron chi connectivity index (χ2n) is 8.57. The number of fused-ring (bicyclic) bond motifs is 4. The van der Waals surface area contributed by atoms with Crippen molar-refractivity contribution in [1.29, 1.82) is 0 Å². The van der Waals surface area contributed by atoms with E-state index in [1.807, 2.05) is 6.07 Å². The molecule has 2 heterocycles. The molecule has 3 heteroatoms. The van der Waals surface area contributed by atoms with Crippen LogP contribution >= 0.6 is 0 Å². The Morgan fingerprint density at radius 3 is 2.09 bits per heavy atom. The number of ether oxygens (including phenoxy) is 1. The molecule has 2 aliphatic rings. The Bertz CT molecular complexity index is 1500. The van der Waals surface area contributed by atoms with E-state index in [1.54, 1.807) is 0 Å². The summed E-state index contributed by atoms with van der Waals surface area (Å²) in [6, 6.07) is 42.9. The van der Waals surface area contributed by atoms with Gasteiger partial charge in [-0.25, -0.2) is 0 Å². The van der Waals surface area contributed by atoms with Crippen LogP contribution in [0.4, 0.5) is 17.1 Å². The van der Waals surface area contributed by atoms with Crippen molar-refractivity contribution in [3.05, 3.63) is 121 Å². The number of anilines is 3. The van der Waals surface area contributed by atoms with Crippen LogP contribution in [0.3, 0.4) is 0 Å². The van der Waals surface area contributed by atoms with Crippen LogP contribution in [-0.2, 0) is 0 Å². The number of benzene rings is 5. The number of hydrogen-bond donors (Lipinski definition) is 0. The van der Waals surface area contributed by atoms with Crippen LogP contribution in [0.5, 0.6) is 11.5 Å². The molecular weight excluding hydrogens is 401 g/mol. The molecule has 0 spiro atoms. The standard InChI is InChI=1S/C30H20BNO/c1-3-10-21(11-4-1)22-18-19-25-29(20-22)33-28-17-9-16-27-30(28)31(25)24-14-7-8-15-26(24)32(27)23-12-5-2-6-13-23/h1-20H. The monoisotopic (exact) mass is 421 g/mol. The maximum Gasteiger partial charge on any atom is 0.256 e. The molecule has 0 bridgehead atoms. The van der Waals surface area contributed by atoms with Crippen molar-refractivity contribution in [2.75, 3.05) is 4.90 Å². The third kappa shape index (κ3) is 2.76. The fourth-order valence-electron chi connectivity index (χ4n) is 5.30. The molecule has 2 aliphatic heterocycles. The molecule has 0 saturated heterocycles. The molecule has 154 valence electrons. The summed E-state index contributed by atoms with van der Waals surface area (Å²) >= 11 is 0. The van der Waals surface area contributed by atoms with Gasteiger partial charge >= 0.3 is 0 Å². The minimum Gasteiger partial charge on any atom is -0.458 e. The Labute approximate surface area is 193 Å². The number of hydrogen-bond acceptors (Lipinski definition) is 2. The first kappa shape index (κ1) is 18.3. The van der Waals surface area contributed by atoms with E-state index >= 15 is 0 Å². The molecule has 33 heavy (non-hydrogen) atoms. The predicted octanol–water partition coefficient (Wildman–Crippen LogP) is 5.76. The van der Waals surface area contributed by atoms with Gasteiger partial charge in [0.15, 0.2) is 0 Å². The third-order valence-corrected chi connectivity index (χ3v) is 6.73. The average Bonchev–Trinajstić information content (AvgIpc) is 2.89. The van der Waals surface area contributed by atoms with Crippen molar-refractivity contribution < 1.29 is 4.74 Å². The summed E-state index contributed by atoms with van der Waals surface area (Å²) in [5.74, 6) is 1.87. The van der Waals surface area contributed by atoms with Crippen molar-refractivity contribution in [3.8, 4) is 22.6 Å². The van der Waals surface area contributed by atoms with E-state index < -0.39 is 0 Å². The Morgan fingerprint density at radius 1 is 0.515 bits per heavy atom. The molecule has 0 aliphatic carbocycles. The highest BCUT2D eigenvalue weighted by Crippen LogP contribution is 2.40. The van der Waals surface area contributed by atoms with Gasteiger partial charge in [-0.1, -0.05) is 84.9 Å². The van der Waals surface area contributed by atoms with Gasteiger partial charge in [0.05, 0.1) is 0 Å². The molecular formula is C30H20BNO. The van der Waals surface area contributed by atoms with Crippen LogP contribution < -0.4 is 26.0 Å². The lowest BCUT2D eigenvalue weighted by molar-refractivity contribution is 0.488. The van der Waals surface area contributed by atoms with Crippen LogP contribution in [0.15, 0.2) is 121 Å². The Kier molecular flexibility index (Phi) is 3.97. The molecule has 0 atom stereocenters. The van der Waals surface area contributed by atoms with Gasteiger partial charge in [0.25, 0.3) is 6.71 Å². The molecule has 5 aromatic rings. The first-order valence-corrected chi connectivity index (χ1v) is 11.3. The number of nitrogens with zero attached hydrogens (tertiary/aromatic N) is 1. The van der Waals surface area contributed by atoms with Crippen molar-refractivity contribution in [2.24, 2.45) is 0 Å². The second kappa shape index (κ2) is 7.14. The largest absolute Gasteiger partial charge is 0.458 e. The molecule has 0 amide bonds. The van der Waals surface area contributed by atoms with E-state index in [4.69, 9.17) is 4.74 Å². The summed E-state index contributed by atoms with van der Waals surface area (Å²) in [5.41, 5.74) is 9.68. The molecule has 0 saturated carbocycles. The SMILES string of the molecule is c1ccc(-c2ccc3c(c2)Oc2cccc4c2B3c2ccccc2N4c2ccccc2)cc1. The van der Waals surface area contributed by atoms with Crippen LogP contribution in [0.1, 0.15) is 0 Å². The van der Waals surface area contributed by atoms with E-state index in [0.717, 1.165) is 17.2 Å². The van der Waals surface area contributed by atoms with Crippen molar-refractivity contribution in [3.63, 3.8) is 0 Å². The van der Waals surface area contributed by atoms with Crippen LogP contribution in [0.2, 0.25) is 0 Å². The van der Waals surface area contributed by atoms with Crippen LogP contribution in [0, 0.1) is 0 Å². The molecule has 0 N–H and O–H groups in total. The quantitative estimate of drug-likeness (QED) is 0.329. The minimum atomic E-state index is 0.140. The van der Waals surface area contributed by atoms with Gasteiger partial charge < -0.3 is 9.64 Å². The van der Waals surface area contributed by atoms with Gasteiger partial charge in [-0.15, -0.1) is 0 Å². The lowest BCUT2D eigenvalue weighted by Crippen LogP contribution is -2.59. The van der Waals surface area contributed by atoms with Gasteiger partial charge in [0.2, 0.25) is 0 Å². The fraction of sp³-hybridized carbons (Fsp3) is 0. The van der Waals surface area contributed by atoms with Gasteiger partial charge in [-0.3, -0.25) is 0 Å². The summed E-state index contributed by atoms with van der Waals surface area (Å²) in [5, 5.41) is 0. The second-order valence-corrected chi connectivity index (χ2v) is 8.57. The fourth-order valence-corrected chi connectivity index (χ4v) is 5.30. The zero-order valence-corrected chi connectivity index (χ0v) is 18.0. The van der Waals surface area contributed by atoms with Crippen LogP contribution in [-0.4, -0.2) is 6.71 Å². The van der Waals surface area contributed by atoms with E-state index in [9.17, 15) is 0 Å². The summed E-state index contributed by atoms with van der Waals surface area (Å²) in [6.07, 6.45) is 0. The zero-order valence-electron chi connectivity index (χ0n) is 18.0. The Hall–Kier alpha value is -4.24. The van der Waals surface area contributed by atoms with Gasteiger partial charge in [0, 0.05) is 17.1 Å². The third-order valence-electron chi connectivity index (χ3n) is 6.73. The molecule has 2 nitrogen and oxygen atoms in total. The summed E-state index contributed by atoms with van der Waals surface area (Å²) in [6.45, 7) is 0.140. The highest BCUT2D eigenvalue weighted by molar-refractivity contribution is 6.99. The molecule has 0 radical (unpaired) electrons. The lowest BCUT2D eigenvalue weighted by atomic mass is 9.34. The summed E-state index contributed by atoms with van der Waals surface area (Å²) in [4.78, 5) is 2.36. The Balaban J connectivity index is 1.46. The highest BCUT2D eigenvalue weighted by Gasteiger charge is 2.41. The number of rotatable bonds is 2. The Morgan fingerprint density at radius 2 is 1.24 bits per heavy atom. The van der Waals surface area contributed by atoms with E-state index in [-0.39, 0.29) is 6.71 Å². The van der Waals surface area contributed by atoms with Crippen molar-refractivity contribution in [2.45, 2.75) is 0 Å². The van der Waals surface area contributed by atoms with Gasteiger partial charge in [-0.2, -0.15) is 0 Å². The molecule has 7 rings (SSSR count). The maximum absolute atomic E-state index is 6.56. The first-order valence-electron chi connectivity index (χ1n) is 11.3. The predicted molar refractivity (Wildman–Crippen MR) is 138 cm³/mol. The summed E-state index contributed by atoms with van der Waals surface area (Å²) in [7, 11) is 0. The average molecular weight is 421 g/mol. The van der Waals surface area contributed by atoms with Crippen LogP contribution in [0.25, 0.3) is 11.1 Å². The van der Waals surface area contributed by atoms with E-state index in [0.29, 0.717) is 0 Å². The summed E-state index contributed by atoms with van der Waals surface area (Å²) < 4.78 is 6.56. The van der Waals surface area contributed by atoms with Crippen molar-refractivity contribution in [1.82, 2.24) is 0 Å². The molecule has 0 aromatic heterocycles. The first-order chi connectivity index (χ1) is 16.4. The van der Waals surface area contributed by atoms with Gasteiger partial charge in [0.1, 0.15) is 11.5 Å². The smallest absolute Gasteiger partial charge is 0.256 e. The zero-order chi connectivity index (χ0) is 21.8. The normalized spacial score (nSPS) is 13.0. The van der Waals surface area contributed by atoms with Gasteiger partial charge in [-0.05, 0) is 63.9 Å². The van der Waals surface area contributed by atoms with E-state index in [1.165, 1.54) is 38.9 Å². The topological polar surface area (TPSA) is 12.5 Å². The minimum absolute atomic E-state index is 0.140. The molecule has 5 aromatic carbocycles. The number of para-hydroxylation sites is 2. The molecule has 0 fully saturated rings. The van der Waals surface area contributed by atoms with Crippen molar-refractivity contribution >= 4 is 40.2 Å². The molecule has 0 unspecified atom stereocenters. The maximum atomic E-state index is 6.56.